The van der Waals surface area contributed by atoms with Crippen molar-refractivity contribution in [2.45, 2.75) is 26.4 Å². The monoisotopic (exact) mass is 447 g/mol. The van der Waals surface area contributed by atoms with Gasteiger partial charge in [-0.2, -0.15) is 0 Å². The summed E-state index contributed by atoms with van der Waals surface area (Å²) in [6, 6.07) is 7.47. The number of hydrogen-bond acceptors (Lipinski definition) is 3. The van der Waals surface area contributed by atoms with E-state index in [9.17, 15) is 4.79 Å². The summed E-state index contributed by atoms with van der Waals surface area (Å²) in [7, 11) is 0. The van der Waals surface area contributed by atoms with Gasteiger partial charge in [0.25, 0.3) is 0 Å². The van der Waals surface area contributed by atoms with Gasteiger partial charge in [0.15, 0.2) is 5.96 Å². The van der Waals surface area contributed by atoms with Gasteiger partial charge < -0.3 is 26.0 Å². The SMILES string of the molecule is CC(C)NC(=O)Nc1ccc(CN=C(N)N2CCOCC2)cc1.I. The van der Waals surface area contributed by atoms with Crippen LogP contribution >= 0.6 is 24.0 Å². The Hall–Kier alpha value is -1.55. The van der Waals surface area contributed by atoms with Gasteiger partial charge in [-0.3, -0.25) is 0 Å². The molecule has 1 heterocycles. The second-order valence-corrected chi connectivity index (χ2v) is 5.72. The van der Waals surface area contributed by atoms with Crippen LogP contribution in [0, 0.1) is 0 Å². The lowest BCUT2D eigenvalue weighted by Crippen LogP contribution is -2.44. The second kappa shape index (κ2) is 10.3. The normalized spacial score (nSPS) is 15.0. The molecule has 0 aliphatic carbocycles. The van der Waals surface area contributed by atoms with E-state index in [0.29, 0.717) is 25.7 Å². The molecule has 0 radical (unpaired) electrons. The lowest BCUT2D eigenvalue weighted by atomic mass is 10.2. The van der Waals surface area contributed by atoms with Crippen molar-refractivity contribution in [3.63, 3.8) is 0 Å². The number of carbonyl (C=O) groups is 1. The molecule has 1 saturated heterocycles. The number of hydrogen-bond donors (Lipinski definition) is 3. The first-order chi connectivity index (χ1) is 11.0. The van der Waals surface area contributed by atoms with E-state index in [2.05, 4.69) is 15.6 Å². The van der Waals surface area contributed by atoms with Crippen molar-refractivity contribution < 1.29 is 9.53 Å². The highest BCUT2D eigenvalue weighted by molar-refractivity contribution is 14.0. The average molecular weight is 447 g/mol. The van der Waals surface area contributed by atoms with E-state index in [1.54, 1.807) is 0 Å². The molecule has 0 spiro atoms. The van der Waals surface area contributed by atoms with Crippen molar-refractivity contribution in [3.8, 4) is 0 Å². The van der Waals surface area contributed by atoms with Crippen molar-refractivity contribution >= 4 is 41.7 Å². The van der Waals surface area contributed by atoms with Crippen LogP contribution in [0.5, 0.6) is 0 Å². The van der Waals surface area contributed by atoms with E-state index >= 15 is 0 Å². The molecular weight excluding hydrogens is 421 g/mol. The molecule has 0 aromatic heterocycles. The molecule has 0 bridgehead atoms. The molecule has 4 N–H and O–H groups in total. The van der Waals surface area contributed by atoms with Gasteiger partial charge in [0.05, 0.1) is 19.8 Å². The molecule has 1 aliphatic heterocycles. The van der Waals surface area contributed by atoms with E-state index in [1.807, 2.05) is 43.0 Å². The summed E-state index contributed by atoms with van der Waals surface area (Å²) in [5.74, 6) is 0.548. The fourth-order valence-electron chi connectivity index (χ4n) is 2.19. The zero-order valence-electron chi connectivity index (χ0n) is 14.1. The number of carbonyl (C=O) groups excluding carboxylic acids is 1. The maximum atomic E-state index is 11.6. The van der Waals surface area contributed by atoms with Crippen LogP contribution in [0.3, 0.4) is 0 Å². The minimum Gasteiger partial charge on any atom is -0.378 e. The van der Waals surface area contributed by atoms with Gasteiger partial charge in [-0.1, -0.05) is 12.1 Å². The maximum Gasteiger partial charge on any atom is 0.319 e. The van der Waals surface area contributed by atoms with Crippen molar-refractivity contribution in [1.82, 2.24) is 10.2 Å². The Kier molecular flexibility index (Phi) is 8.83. The van der Waals surface area contributed by atoms with E-state index in [-0.39, 0.29) is 36.0 Å². The number of nitrogens with two attached hydrogens (primary N) is 1. The molecule has 8 heteroatoms. The Morgan fingerprint density at radius 1 is 1.29 bits per heavy atom. The Bertz CT molecular complexity index is 542. The molecule has 1 aliphatic rings. The van der Waals surface area contributed by atoms with Crippen LogP contribution in [0.15, 0.2) is 29.3 Å². The molecule has 0 saturated carbocycles. The van der Waals surface area contributed by atoms with E-state index in [0.717, 1.165) is 24.3 Å². The van der Waals surface area contributed by atoms with E-state index in [1.165, 1.54) is 0 Å². The highest BCUT2D eigenvalue weighted by atomic mass is 127. The standard InChI is InChI=1S/C16H25N5O2.HI/c1-12(2)19-16(22)20-14-5-3-13(4-6-14)11-18-15(17)21-7-9-23-10-8-21;/h3-6,12H,7-11H2,1-2H3,(H2,17,18)(H2,19,20,22);1H. The number of guanidine groups is 1. The molecule has 1 fully saturated rings. The highest BCUT2D eigenvalue weighted by Gasteiger charge is 2.11. The van der Waals surface area contributed by atoms with Gasteiger partial charge in [0.2, 0.25) is 0 Å². The van der Waals surface area contributed by atoms with Crippen LogP contribution in [0.4, 0.5) is 10.5 Å². The molecule has 7 nitrogen and oxygen atoms in total. The Morgan fingerprint density at radius 2 is 1.92 bits per heavy atom. The molecule has 0 unspecified atom stereocenters. The number of amides is 2. The van der Waals surface area contributed by atoms with E-state index in [4.69, 9.17) is 10.5 Å². The highest BCUT2D eigenvalue weighted by Crippen LogP contribution is 2.10. The number of benzene rings is 1. The first-order valence-electron chi connectivity index (χ1n) is 7.83. The molecule has 0 atom stereocenters. The predicted octanol–water partition coefficient (Wildman–Crippen LogP) is 1.98. The van der Waals surface area contributed by atoms with Gasteiger partial charge in [0, 0.05) is 24.8 Å². The fraction of sp³-hybridized carbons (Fsp3) is 0.500. The van der Waals surface area contributed by atoms with Crippen molar-refractivity contribution in [1.29, 1.82) is 0 Å². The lowest BCUT2D eigenvalue weighted by molar-refractivity contribution is 0.0674. The minimum atomic E-state index is -0.206. The summed E-state index contributed by atoms with van der Waals surface area (Å²) < 4.78 is 5.29. The topological polar surface area (TPSA) is 92.0 Å². The first kappa shape index (κ1) is 20.5. The van der Waals surface area contributed by atoms with Crippen LogP contribution in [0.25, 0.3) is 0 Å². The maximum absolute atomic E-state index is 11.6. The Morgan fingerprint density at radius 3 is 2.50 bits per heavy atom. The quantitative estimate of drug-likeness (QED) is 0.374. The number of urea groups is 1. The number of morpholine rings is 1. The minimum absolute atomic E-state index is 0. The molecular formula is C16H26IN5O2. The van der Waals surface area contributed by atoms with Gasteiger partial charge in [-0.05, 0) is 31.5 Å². The number of nitrogens with one attached hydrogen (secondary N) is 2. The molecule has 24 heavy (non-hydrogen) atoms. The smallest absolute Gasteiger partial charge is 0.319 e. The summed E-state index contributed by atoms with van der Waals surface area (Å²) in [6.07, 6.45) is 0. The van der Waals surface area contributed by atoms with Crippen LogP contribution in [-0.2, 0) is 11.3 Å². The molecule has 1 aromatic carbocycles. The summed E-state index contributed by atoms with van der Waals surface area (Å²) >= 11 is 0. The largest absolute Gasteiger partial charge is 0.378 e. The van der Waals surface area contributed by atoms with Gasteiger partial charge in [-0.25, -0.2) is 9.79 Å². The number of anilines is 1. The third-order valence-corrected chi connectivity index (χ3v) is 3.39. The number of nitrogens with zero attached hydrogens (tertiary/aromatic N) is 2. The van der Waals surface area contributed by atoms with Crippen molar-refractivity contribution in [2.24, 2.45) is 10.7 Å². The third-order valence-electron chi connectivity index (χ3n) is 3.39. The number of rotatable bonds is 4. The Balaban J connectivity index is 0.00000288. The molecule has 1 aromatic rings. The van der Waals surface area contributed by atoms with Gasteiger partial charge in [0.1, 0.15) is 0 Å². The number of halogens is 1. The average Bonchev–Trinajstić information content (AvgIpc) is 2.54. The molecule has 2 rings (SSSR count). The summed E-state index contributed by atoms with van der Waals surface area (Å²) in [5.41, 5.74) is 7.78. The van der Waals surface area contributed by atoms with Crippen LogP contribution in [-0.4, -0.2) is 49.2 Å². The summed E-state index contributed by atoms with van der Waals surface area (Å²) in [4.78, 5) is 18.1. The summed E-state index contributed by atoms with van der Waals surface area (Å²) in [5, 5.41) is 5.56. The zero-order valence-corrected chi connectivity index (χ0v) is 16.4. The lowest BCUT2D eigenvalue weighted by Gasteiger charge is -2.27. The second-order valence-electron chi connectivity index (χ2n) is 5.72. The van der Waals surface area contributed by atoms with Crippen LogP contribution < -0.4 is 16.4 Å². The first-order valence-corrected chi connectivity index (χ1v) is 7.83. The van der Waals surface area contributed by atoms with E-state index < -0.39 is 0 Å². The molecule has 2 amide bonds. The zero-order chi connectivity index (χ0) is 16.7. The van der Waals surface area contributed by atoms with Crippen molar-refractivity contribution in [3.05, 3.63) is 29.8 Å². The van der Waals surface area contributed by atoms with Gasteiger partial charge in [-0.15, -0.1) is 24.0 Å². The van der Waals surface area contributed by atoms with Gasteiger partial charge >= 0.3 is 6.03 Å². The fourth-order valence-corrected chi connectivity index (χ4v) is 2.19. The van der Waals surface area contributed by atoms with Crippen molar-refractivity contribution in [2.75, 3.05) is 31.6 Å². The van der Waals surface area contributed by atoms with Crippen LogP contribution in [0.2, 0.25) is 0 Å². The number of aliphatic imine (C=N–C) groups is 1. The third kappa shape index (κ3) is 6.91. The predicted molar refractivity (Wildman–Crippen MR) is 107 cm³/mol. The molecule has 134 valence electrons. The Labute approximate surface area is 160 Å². The number of ether oxygens (including phenoxy) is 1. The van der Waals surface area contributed by atoms with Crippen LogP contribution in [0.1, 0.15) is 19.4 Å². The summed E-state index contributed by atoms with van der Waals surface area (Å²) in [6.45, 7) is 7.29.